The maximum atomic E-state index is 12.8. The number of ether oxygens (including phenoxy) is 1. The number of fused-ring (bicyclic) bond motifs is 1. The van der Waals surface area contributed by atoms with Crippen LogP contribution in [0.25, 0.3) is 10.9 Å². The molecule has 48 heavy (non-hydrogen) atoms. The second kappa shape index (κ2) is 14.1. The van der Waals surface area contributed by atoms with Gasteiger partial charge in [0.1, 0.15) is 23.5 Å². The number of carbonyl (C=O) groups excluding carboxylic acids is 1. The first-order chi connectivity index (χ1) is 23.2. The lowest BCUT2D eigenvalue weighted by molar-refractivity contribution is -0.156. The van der Waals surface area contributed by atoms with Crippen LogP contribution < -0.4 is 15.6 Å². The number of nitrogens with one attached hydrogen (secondary N) is 2. The third kappa shape index (κ3) is 7.10. The van der Waals surface area contributed by atoms with E-state index in [-0.39, 0.29) is 36.9 Å². The van der Waals surface area contributed by atoms with Crippen molar-refractivity contribution in [3.05, 3.63) is 141 Å². The average molecular weight is 648 g/mol. The van der Waals surface area contributed by atoms with Crippen molar-refractivity contribution in [1.82, 2.24) is 15.2 Å². The lowest BCUT2D eigenvalue weighted by Crippen LogP contribution is -2.65. The number of rotatable bonds is 13. The minimum atomic E-state index is -1.03. The molecule has 0 radical (unpaired) electrons. The minimum absolute atomic E-state index is 0.0455. The summed E-state index contributed by atoms with van der Waals surface area (Å²) in [6.45, 7) is 1.58. The lowest BCUT2D eigenvalue weighted by Gasteiger charge is -2.47. The van der Waals surface area contributed by atoms with Gasteiger partial charge in [-0.2, -0.15) is 0 Å². The number of aromatic amines is 1. The number of pyridine rings is 1. The number of amides is 1. The Labute approximate surface area is 277 Å². The normalized spacial score (nSPS) is 14.3. The van der Waals surface area contributed by atoms with Crippen molar-refractivity contribution in [3.63, 3.8) is 0 Å². The molecule has 1 atom stereocenters. The van der Waals surface area contributed by atoms with E-state index in [1.165, 1.54) is 12.1 Å². The molecule has 0 aliphatic carbocycles. The number of aliphatic hydroxyl groups excluding tert-OH is 1. The van der Waals surface area contributed by atoms with Crippen molar-refractivity contribution in [2.75, 3.05) is 19.6 Å². The van der Waals surface area contributed by atoms with Crippen LogP contribution in [0.1, 0.15) is 40.3 Å². The van der Waals surface area contributed by atoms with Gasteiger partial charge < -0.3 is 35.3 Å². The first kappa shape index (κ1) is 32.5. The number of benzene rings is 4. The number of hydrogen-bond donors (Lipinski definition) is 5. The van der Waals surface area contributed by atoms with Gasteiger partial charge in [0, 0.05) is 44.1 Å². The molecule has 10 nitrogen and oxygen atoms in total. The van der Waals surface area contributed by atoms with Gasteiger partial charge in [-0.05, 0) is 58.5 Å². The number of carbonyl (C=O) groups is 2. The molecular weight excluding hydrogens is 610 g/mol. The quantitative estimate of drug-likeness (QED) is 0.126. The SMILES string of the molecule is O=C(CCc1ccc(OCc2ccc(CNC[C@H](O)c3ccc(O)c4[nH]c(=O)ccc34)cc2)cc1)N1CC(C(=O)O)(c2ccccc2)C1. The summed E-state index contributed by atoms with van der Waals surface area (Å²) in [7, 11) is 0. The van der Waals surface area contributed by atoms with Crippen LogP contribution in [0.3, 0.4) is 0 Å². The van der Waals surface area contributed by atoms with Gasteiger partial charge in [-0.3, -0.25) is 14.4 Å². The molecule has 10 heteroatoms. The molecule has 1 aliphatic heterocycles. The van der Waals surface area contributed by atoms with Crippen molar-refractivity contribution in [2.24, 2.45) is 0 Å². The number of phenolic OH excluding ortho intramolecular Hbond substituents is 1. The molecule has 0 unspecified atom stereocenters. The van der Waals surface area contributed by atoms with E-state index in [0.717, 1.165) is 22.3 Å². The molecule has 1 aliphatic rings. The Morgan fingerprint density at radius 1 is 0.875 bits per heavy atom. The van der Waals surface area contributed by atoms with Gasteiger partial charge in [0.15, 0.2) is 0 Å². The molecule has 5 N–H and O–H groups in total. The number of H-pyrrole nitrogens is 1. The third-order valence-electron chi connectivity index (χ3n) is 8.92. The molecule has 6 rings (SSSR count). The highest BCUT2D eigenvalue weighted by Gasteiger charge is 2.52. The second-order valence-corrected chi connectivity index (χ2v) is 12.2. The summed E-state index contributed by atoms with van der Waals surface area (Å²) in [4.78, 5) is 40.7. The summed E-state index contributed by atoms with van der Waals surface area (Å²) in [5.41, 5.74) is 3.32. The van der Waals surface area contributed by atoms with Crippen LogP contribution in [0, 0.1) is 0 Å². The molecule has 0 bridgehead atoms. The predicted molar refractivity (Wildman–Crippen MR) is 181 cm³/mol. The standard InChI is InChI=1S/C38H37N3O7/c42-32-17-15-30(31-16-18-34(44)40-36(31)32)33(43)21-39-20-26-6-8-27(9-7-26)22-48-29-13-10-25(11-14-29)12-19-35(45)41-23-38(24-41,37(46)47)28-4-2-1-3-5-28/h1-11,13-18,33,39,42-43H,12,19-24H2,(H,40,44)(H,46,47)/t33-/m0/s1. The smallest absolute Gasteiger partial charge is 0.317 e. The number of aryl methyl sites for hydroxylation is 1. The summed E-state index contributed by atoms with van der Waals surface area (Å²) in [6.07, 6.45) is 0.0266. The molecular formula is C38H37N3O7. The van der Waals surface area contributed by atoms with Gasteiger partial charge >= 0.3 is 5.97 Å². The van der Waals surface area contributed by atoms with Crippen LogP contribution in [-0.4, -0.2) is 56.7 Å². The van der Waals surface area contributed by atoms with E-state index in [1.807, 2.05) is 66.7 Å². The summed E-state index contributed by atoms with van der Waals surface area (Å²) < 4.78 is 5.96. The summed E-state index contributed by atoms with van der Waals surface area (Å²) in [5.74, 6) is -0.290. The molecule has 1 fully saturated rings. The van der Waals surface area contributed by atoms with Crippen molar-refractivity contribution in [2.45, 2.75) is 37.5 Å². The van der Waals surface area contributed by atoms with Gasteiger partial charge in [-0.1, -0.05) is 72.8 Å². The first-order valence-corrected chi connectivity index (χ1v) is 15.8. The van der Waals surface area contributed by atoms with Crippen molar-refractivity contribution in [3.8, 4) is 11.5 Å². The lowest BCUT2D eigenvalue weighted by atomic mass is 9.73. The summed E-state index contributed by atoms with van der Waals surface area (Å²) in [6, 6.07) is 30.8. The highest BCUT2D eigenvalue weighted by molar-refractivity contribution is 5.88. The third-order valence-corrected chi connectivity index (χ3v) is 8.92. The second-order valence-electron chi connectivity index (χ2n) is 12.2. The Bertz CT molecular complexity index is 1950. The Hall–Kier alpha value is -5.45. The Morgan fingerprint density at radius 3 is 2.27 bits per heavy atom. The predicted octanol–water partition coefficient (Wildman–Crippen LogP) is 4.43. The number of aliphatic hydroxyl groups is 1. The number of likely N-dealkylation sites (tertiary alicyclic amines) is 1. The van der Waals surface area contributed by atoms with E-state index >= 15 is 0 Å². The number of aliphatic carboxylic acids is 1. The van der Waals surface area contributed by atoms with Crippen molar-refractivity contribution < 1.29 is 29.6 Å². The molecule has 4 aromatic carbocycles. The molecule has 0 saturated carbocycles. The van der Waals surface area contributed by atoms with Gasteiger partial charge in [0.2, 0.25) is 11.5 Å². The number of aromatic hydroxyl groups is 1. The monoisotopic (exact) mass is 647 g/mol. The fourth-order valence-corrected chi connectivity index (χ4v) is 6.07. The molecule has 246 valence electrons. The topological polar surface area (TPSA) is 152 Å². The Balaban J connectivity index is 0.925. The maximum Gasteiger partial charge on any atom is 0.317 e. The zero-order chi connectivity index (χ0) is 33.7. The Morgan fingerprint density at radius 2 is 1.56 bits per heavy atom. The van der Waals surface area contributed by atoms with Crippen LogP contribution in [0.2, 0.25) is 0 Å². The summed E-state index contributed by atoms with van der Waals surface area (Å²) >= 11 is 0. The number of hydrogen-bond acceptors (Lipinski definition) is 7. The van der Waals surface area contributed by atoms with Gasteiger partial charge in [-0.25, -0.2) is 0 Å². The molecule has 1 saturated heterocycles. The van der Waals surface area contributed by atoms with E-state index < -0.39 is 17.5 Å². The molecule has 5 aromatic rings. The van der Waals surface area contributed by atoms with Gasteiger partial charge in [-0.15, -0.1) is 0 Å². The van der Waals surface area contributed by atoms with Crippen LogP contribution >= 0.6 is 0 Å². The molecule has 0 spiro atoms. The van der Waals surface area contributed by atoms with E-state index in [0.29, 0.717) is 48.2 Å². The minimum Gasteiger partial charge on any atom is -0.506 e. The van der Waals surface area contributed by atoms with Crippen LogP contribution in [0.4, 0.5) is 0 Å². The van der Waals surface area contributed by atoms with E-state index in [2.05, 4.69) is 10.3 Å². The van der Waals surface area contributed by atoms with E-state index in [1.54, 1.807) is 29.2 Å². The number of phenols is 1. The van der Waals surface area contributed by atoms with Crippen molar-refractivity contribution >= 4 is 22.8 Å². The fraction of sp³-hybridized carbons (Fsp3) is 0.237. The van der Waals surface area contributed by atoms with Gasteiger partial charge in [0.05, 0.1) is 11.6 Å². The molecule has 2 heterocycles. The molecule has 1 aromatic heterocycles. The molecule has 1 amide bonds. The number of carboxylic acid groups (broad SMARTS) is 1. The number of nitrogens with zero attached hydrogens (tertiary/aromatic N) is 1. The van der Waals surface area contributed by atoms with Crippen LogP contribution in [-0.2, 0) is 34.6 Å². The van der Waals surface area contributed by atoms with E-state index in [4.69, 9.17) is 4.74 Å². The van der Waals surface area contributed by atoms with Crippen molar-refractivity contribution in [1.29, 1.82) is 0 Å². The highest BCUT2D eigenvalue weighted by Crippen LogP contribution is 2.35. The zero-order valence-electron chi connectivity index (χ0n) is 26.3. The highest BCUT2D eigenvalue weighted by atomic mass is 16.5. The Kier molecular flexibility index (Phi) is 9.56. The number of carboxylic acids is 1. The van der Waals surface area contributed by atoms with Crippen LogP contribution in [0.5, 0.6) is 11.5 Å². The van der Waals surface area contributed by atoms with Crippen LogP contribution in [0.15, 0.2) is 108 Å². The summed E-state index contributed by atoms with van der Waals surface area (Å²) in [5, 5.41) is 34.5. The average Bonchev–Trinajstić information content (AvgIpc) is 3.07. The van der Waals surface area contributed by atoms with Gasteiger partial charge in [0.25, 0.3) is 0 Å². The zero-order valence-corrected chi connectivity index (χ0v) is 26.3. The fourth-order valence-electron chi connectivity index (χ4n) is 6.07. The first-order valence-electron chi connectivity index (χ1n) is 15.8. The number of aromatic nitrogens is 1. The maximum absolute atomic E-state index is 12.8. The van der Waals surface area contributed by atoms with E-state index in [9.17, 15) is 29.7 Å². The largest absolute Gasteiger partial charge is 0.506 e.